The smallest absolute Gasteiger partial charge is 0.491 e. The van der Waals surface area contributed by atoms with Gasteiger partial charge in [-0.1, -0.05) is 12.1 Å². The molecule has 0 saturated carbocycles. The molecule has 0 saturated heterocycles. The summed E-state index contributed by atoms with van der Waals surface area (Å²) in [6.45, 7) is 0. The number of esters is 1. The van der Waals surface area contributed by atoms with Crippen molar-refractivity contribution in [2.75, 3.05) is 13.4 Å². The van der Waals surface area contributed by atoms with Crippen molar-refractivity contribution in [3.63, 3.8) is 0 Å². The molecule has 13 heteroatoms. The highest BCUT2D eigenvalue weighted by atomic mass is 32.2. The van der Waals surface area contributed by atoms with Crippen LogP contribution in [0, 0.1) is 5.41 Å². The molecule has 3 rings (SSSR count). The van der Waals surface area contributed by atoms with E-state index in [0.717, 1.165) is 18.6 Å². The fraction of sp³-hybridized carbons (Fsp3) is 0.167. The first-order chi connectivity index (χ1) is 14.3. The van der Waals surface area contributed by atoms with Crippen molar-refractivity contribution in [1.82, 2.24) is 9.19 Å². The Morgan fingerprint density at radius 1 is 1.23 bits per heavy atom. The molecule has 3 N–H and O–H groups in total. The van der Waals surface area contributed by atoms with Crippen molar-refractivity contribution in [3.8, 4) is 22.6 Å². The van der Waals surface area contributed by atoms with Gasteiger partial charge in [-0.15, -0.1) is 0 Å². The van der Waals surface area contributed by atoms with Crippen LogP contribution in [0.3, 0.4) is 0 Å². The molecule has 0 spiro atoms. The number of benzene rings is 2. The van der Waals surface area contributed by atoms with E-state index in [1.54, 1.807) is 0 Å². The average Bonchev–Trinajstić information content (AvgIpc) is 3.16. The summed E-state index contributed by atoms with van der Waals surface area (Å²) in [7, 11) is -2.46. The minimum atomic E-state index is -5.31. The van der Waals surface area contributed by atoms with E-state index in [-0.39, 0.29) is 27.8 Å². The van der Waals surface area contributed by atoms with Crippen LogP contribution in [0.4, 0.5) is 13.2 Å². The number of nitrogen functional groups attached to an aromatic ring is 1. The first kappa shape index (κ1) is 22.1. The summed E-state index contributed by atoms with van der Waals surface area (Å²) >= 11 is 0. The number of aromatic nitrogens is 2. The average molecular weight is 456 g/mol. The fourth-order valence-corrected chi connectivity index (χ4v) is 3.43. The van der Waals surface area contributed by atoms with Crippen LogP contribution < -0.4 is 15.2 Å². The van der Waals surface area contributed by atoms with Gasteiger partial charge in [0.15, 0.2) is 5.75 Å². The normalized spacial score (nSPS) is 12.0. The minimum Gasteiger partial charge on any atom is -0.496 e. The molecular formula is C18H15F3N4O5S. The van der Waals surface area contributed by atoms with E-state index in [0.29, 0.717) is 9.47 Å². The van der Waals surface area contributed by atoms with E-state index in [1.807, 2.05) is 0 Å². The number of ether oxygens (including phenoxy) is 2. The summed E-state index contributed by atoms with van der Waals surface area (Å²) in [4.78, 5) is 11.6. The number of hydrogen-bond donors (Lipinski definition) is 2. The number of halogens is 3. The maximum atomic E-state index is 12.9. The topological polar surface area (TPSA) is 137 Å². The van der Waals surface area contributed by atoms with Gasteiger partial charge in [0.25, 0.3) is 10.0 Å². The number of methoxy groups -OCH3 is 1. The molecule has 31 heavy (non-hydrogen) atoms. The Kier molecular flexibility index (Phi) is 5.40. The third kappa shape index (κ3) is 4.17. The van der Waals surface area contributed by atoms with Gasteiger partial charge in [-0.25, -0.2) is 13.2 Å². The van der Waals surface area contributed by atoms with Gasteiger partial charge in [0.2, 0.25) is 0 Å². The third-order valence-electron chi connectivity index (χ3n) is 4.23. The Morgan fingerprint density at radius 3 is 2.39 bits per heavy atom. The Bertz CT molecular complexity index is 1320. The maximum absolute atomic E-state index is 12.9. The Labute approximate surface area is 173 Å². The van der Waals surface area contributed by atoms with Crippen LogP contribution in [0.1, 0.15) is 5.56 Å². The first-order valence-corrected chi connectivity index (χ1v) is 10.2. The van der Waals surface area contributed by atoms with Crippen molar-refractivity contribution in [2.45, 2.75) is 6.18 Å². The Hall–Kier alpha value is -3.61. The third-order valence-corrected chi connectivity index (χ3v) is 5.10. The molecule has 2 aromatic carbocycles. The SMILES string of the molecule is COc1ccc2ccc(C(=N)N)c(OC(=O)C(F)(F)F)c2c1-c1cnn(S(C)(=O)=O)c1. The molecule has 3 aromatic rings. The van der Waals surface area contributed by atoms with Crippen LogP contribution in [0.2, 0.25) is 0 Å². The van der Waals surface area contributed by atoms with E-state index in [4.69, 9.17) is 15.9 Å². The van der Waals surface area contributed by atoms with Crippen molar-refractivity contribution >= 4 is 32.6 Å². The molecule has 164 valence electrons. The fourth-order valence-electron chi connectivity index (χ4n) is 2.91. The molecule has 0 aliphatic rings. The van der Waals surface area contributed by atoms with Crippen LogP contribution in [0.25, 0.3) is 21.9 Å². The largest absolute Gasteiger partial charge is 0.496 e. The summed E-state index contributed by atoms with van der Waals surface area (Å²) in [5.41, 5.74) is 5.48. The standard InChI is InChI=1S/C18H15F3N4O5S/c1-29-12-6-4-9-3-5-11(16(22)23)15(30-17(26)18(19,20)21)14(9)13(12)10-7-24-25(8-10)31(2,27)28/h3-8H,1-2H3,(H3,22,23). The number of rotatable bonds is 5. The van der Waals surface area contributed by atoms with E-state index < -0.39 is 33.8 Å². The van der Waals surface area contributed by atoms with Crippen LogP contribution in [0.15, 0.2) is 36.7 Å². The van der Waals surface area contributed by atoms with Gasteiger partial charge in [0, 0.05) is 16.5 Å². The number of nitrogens with zero attached hydrogens (tertiary/aromatic N) is 2. The lowest BCUT2D eigenvalue weighted by Crippen LogP contribution is -2.29. The number of nitrogens with two attached hydrogens (primary N) is 1. The van der Waals surface area contributed by atoms with Gasteiger partial charge >= 0.3 is 12.1 Å². The Balaban J connectivity index is 2.42. The molecule has 1 heterocycles. The van der Waals surface area contributed by atoms with Crippen molar-refractivity contribution < 1.29 is 35.9 Å². The lowest BCUT2D eigenvalue weighted by Gasteiger charge is -2.17. The second-order valence-electron chi connectivity index (χ2n) is 6.35. The number of nitrogens with one attached hydrogen (secondary N) is 1. The summed E-state index contributed by atoms with van der Waals surface area (Å²) in [5, 5.41) is 11.7. The molecule has 0 aliphatic carbocycles. The van der Waals surface area contributed by atoms with Gasteiger partial charge in [0.05, 0.1) is 31.3 Å². The molecule has 0 fully saturated rings. The van der Waals surface area contributed by atoms with Crippen LogP contribution in [0.5, 0.6) is 11.5 Å². The van der Waals surface area contributed by atoms with Gasteiger partial charge in [-0.2, -0.15) is 22.4 Å². The zero-order valence-corrected chi connectivity index (χ0v) is 16.8. The predicted octanol–water partition coefficient (Wildman–Crippen LogP) is 2.27. The molecule has 0 amide bonds. The van der Waals surface area contributed by atoms with Crippen molar-refractivity contribution in [3.05, 3.63) is 42.2 Å². The molecule has 0 atom stereocenters. The lowest BCUT2D eigenvalue weighted by molar-refractivity contribution is -0.189. The van der Waals surface area contributed by atoms with Gasteiger partial charge in [0.1, 0.15) is 11.6 Å². The molecule has 0 unspecified atom stereocenters. The Morgan fingerprint density at radius 2 is 1.87 bits per heavy atom. The minimum absolute atomic E-state index is 0.0438. The highest BCUT2D eigenvalue weighted by Gasteiger charge is 2.42. The predicted molar refractivity (Wildman–Crippen MR) is 105 cm³/mol. The number of hydrogen-bond acceptors (Lipinski definition) is 7. The molecule has 1 aromatic heterocycles. The van der Waals surface area contributed by atoms with Crippen LogP contribution in [-0.2, 0) is 14.8 Å². The number of fused-ring (bicyclic) bond motifs is 1. The second-order valence-corrected chi connectivity index (χ2v) is 8.19. The molecule has 0 bridgehead atoms. The summed E-state index contributed by atoms with van der Waals surface area (Å²) in [5.74, 6) is -3.64. The van der Waals surface area contributed by atoms with E-state index in [9.17, 15) is 26.4 Å². The highest BCUT2D eigenvalue weighted by Crippen LogP contribution is 2.43. The number of amidine groups is 1. The molecule has 0 aliphatic heterocycles. The first-order valence-electron chi connectivity index (χ1n) is 8.37. The van der Waals surface area contributed by atoms with Crippen molar-refractivity contribution in [2.24, 2.45) is 5.73 Å². The summed E-state index contributed by atoms with van der Waals surface area (Å²) in [6, 6.07) is 5.69. The number of carbonyl (C=O) groups excluding carboxylic acids is 1. The highest BCUT2D eigenvalue weighted by molar-refractivity contribution is 7.89. The van der Waals surface area contributed by atoms with Gasteiger partial charge in [-0.05, 0) is 17.5 Å². The summed E-state index contributed by atoms with van der Waals surface area (Å²) < 4.78 is 72.9. The van der Waals surface area contributed by atoms with Crippen molar-refractivity contribution in [1.29, 1.82) is 5.41 Å². The monoisotopic (exact) mass is 456 g/mol. The van der Waals surface area contributed by atoms with E-state index >= 15 is 0 Å². The zero-order valence-electron chi connectivity index (χ0n) is 16.0. The molecule has 9 nitrogen and oxygen atoms in total. The maximum Gasteiger partial charge on any atom is 0.491 e. The quantitative estimate of drug-likeness (QED) is 0.260. The second kappa shape index (κ2) is 7.58. The van der Waals surface area contributed by atoms with Gasteiger partial charge in [-0.3, -0.25) is 5.41 Å². The van der Waals surface area contributed by atoms with E-state index in [1.165, 1.54) is 31.4 Å². The zero-order chi connectivity index (χ0) is 23.1. The van der Waals surface area contributed by atoms with Crippen LogP contribution in [-0.4, -0.2) is 49.0 Å². The van der Waals surface area contributed by atoms with Gasteiger partial charge < -0.3 is 15.2 Å². The number of carbonyl (C=O) groups is 1. The van der Waals surface area contributed by atoms with Crippen LogP contribution >= 0.6 is 0 Å². The molecule has 0 radical (unpaired) electrons. The van der Waals surface area contributed by atoms with E-state index in [2.05, 4.69) is 9.84 Å². The number of alkyl halides is 3. The molecular weight excluding hydrogens is 441 g/mol. The lowest BCUT2D eigenvalue weighted by atomic mass is 9.96. The summed E-state index contributed by atoms with van der Waals surface area (Å²) in [6.07, 6.45) is -2.11.